The van der Waals surface area contributed by atoms with Crippen molar-refractivity contribution in [2.75, 3.05) is 19.7 Å². The van der Waals surface area contributed by atoms with Crippen LogP contribution in [0.25, 0.3) is 0 Å². The van der Waals surface area contributed by atoms with Gasteiger partial charge in [-0.3, -0.25) is 9.69 Å². The molecule has 1 aliphatic rings. The lowest BCUT2D eigenvalue weighted by Crippen LogP contribution is -2.33. The highest BCUT2D eigenvalue weighted by Gasteiger charge is 2.45. The molecule has 2 N–H and O–H groups in total. The van der Waals surface area contributed by atoms with Gasteiger partial charge >= 0.3 is 5.97 Å². The van der Waals surface area contributed by atoms with E-state index in [-0.39, 0.29) is 18.4 Å². The normalized spacial score (nSPS) is 16.5. The van der Waals surface area contributed by atoms with Crippen molar-refractivity contribution < 1.29 is 15.0 Å². The van der Waals surface area contributed by atoms with E-state index in [0.29, 0.717) is 6.54 Å². The second-order valence-corrected chi connectivity index (χ2v) is 5.49. The Labute approximate surface area is 113 Å². The molecule has 104 valence electrons. The van der Waals surface area contributed by atoms with Crippen LogP contribution >= 0.6 is 0 Å². The van der Waals surface area contributed by atoms with Crippen molar-refractivity contribution in [1.82, 2.24) is 4.90 Å². The van der Waals surface area contributed by atoms with Crippen LogP contribution in [0.4, 0.5) is 0 Å². The fraction of sp³-hybridized carbons (Fsp3) is 0.533. The van der Waals surface area contributed by atoms with Gasteiger partial charge in [-0.05, 0) is 23.8 Å². The fourth-order valence-electron chi connectivity index (χ4n) is 2.56. The van der Waals surface area contributed by atoms with Crippen LogP contribution in [-0.2, 0) is 11.3 Å². The second kappa shape index (κ2) is 6.17. The summed E-state index contributed by atoms with van der Waals surface area (Å²) in [5, 5.41) is 18.1. The van der Waals surface area contributed by atoms with Crippen LogP contribution in [0.15, 0.2) is 30.3 Å². The van der Waals surface area contributed by atoms with Crippen LogP contribution < -0.4 is 0 Å². The van der Waals surface area contributed by atoms with Gasteiger partial charge in [0.2, 0.25) is 0 Å². The lowest BCUT2D eigenvalue weighted by molar-refractivity contribution is -0.138. The lowest BCUT2D eigenvalue weighted by Gasteiger charge is -2.26. The molecule has 0 amide bonds. The molecule has 0 saturated heterocycles. The standard InChI is InChI=1S/C15H21NO3/c17-9-8-16(11-13-4-2-1-3-5-13)12-15(6-7-15)10-14(18)19/h1-5,17H,6-12H2,(H,18,19). The summed E-state index contributed by atoms with van der Waals surface area (Å²) in [5.41, 5.74) is 1.14. The third-order valence-corrected chi connectivity index (χ3v) is 3.71. The van der Waals surface area contributed by atoms with Crippen LogP contribution in [0.3, 0.4) is 0 Å². The Kier molecular flexibility index (Phi) is 4.56. The predicted molar refractivity (Wildman–Crippen MR) is 72.7 cm³/mol. The number of carboxylic acids is 1. The minimum atomic E-state index is -0.721. The monoisotopic (exact) mass is 263 g/mol. The van der Waals surface area contributed by atoms with Crippen molar-refractivity contribution in [2.24, 2.45) is 5.41 Å². The molecule has 0 radical (unpaired) electrons. The van der Waals surface area contributed by atoms with E-state index in [2.05, 4.69) is 17.0 Å². The Morgan fingerprint density at radius 3 is 2.47 bits per heavy atom. The summed E-state index contributed by atoms with van der Waals surface area (Å²) in [6.45, 7) is 2.23. The first-order valence-electron chi connectivity index (χ1n) is 6.72. The third-order valence-electron chi connectivity index (χ3n) is 3.71. The van der Waals surface area contributed by atoms with E-state index in [1.54, 1.807) is 0 Å². The van der Waals surface area contributed by atoms with Crippen molar-refractivity contribution in [3.05, 3.63) is 35.9 Å². The molecule has 4 nitrogen and oxygen atoms in total. The Morgan fingerprint density at radius 2 is 1.95 bits per heavy atom. The molecule has 0 spiro atoms. The average Bonchev–Trinajstić information content (AvgIpc) is 3.09. The van der Waals surface area contributed by atoms with Crippen LogP contribution in [0.2, 0.25) is 0 Å². The zero-order valence-corrected chi connectivity index (χ0v) is 11.1. The number of carbonyl (C=O) groups is 1. The summed E-state index contributed by atoms with van der Waals surface area (Å²) in [4.78, 5) is 13.0. The SMILES string of the molecule is O=C(O)CC1(CN(CCO)Cc2ccccc2)CC1. The molecule has 19 heavy (non-hydrogen) atoms. The van der Waals surface area contributed by atoms with E-state index in [4.69, 9.17) is 10.2 Å². The van der Waals surface area contributed by atoms with E-state index in [0.717, 1.165) is 25.9 Å². The van der Waals surface area contributed by atoms with Gasteiger partial charge in [0.15, 0.2) is 0 Å². The highest BCUT2D eigenvalue weighted by Crippen LogP contribution is 2.49. The van der Waals surface area contributed by atoms with Gasteiger partial charge < -0.3 is 10.2 Å². The van der Waals surface area contributed by atoms with Gasteiger partial charge in [-0.2, -0.15) is 0 Å². The molecule has 4 heteroatoms. The Hall–Kier alpha value is -1.39. The number of aliphatic hydroxyl groups excluding tert-OH is 1. The van der Waals surface area contributed by atoms with Crippen molar-refractivity contribution in [1.29, 1.82) is 0 Å². The quantitative estimate of drug-likeness (QED) is 0.750. The molecule has 1 aromatic rings. The highest BCUT2D eigenvalue weighted by molar-refractivity contribution is 5.68. The van der Waals surface area contributed by atoms with Gasteiger partial charge in [0.1, 0.15) is 0 Å². The minimum absolute atomic E-state index is 0.0597. The molecule has 0 unspecified atom stereocenters. The Bertz CT molecular complexity index is 415. The first-order valence-corrected chi connectivity index (χ1v) is 6.72. The first kappa shape index (κ1) is 14.0. The summed E-state index contributed by atoms with van der Waals surface area (Å²) in [5.74, 6) is -0.721. The van der Waals surface area contributed by atoms with Gasteiger partial charge in [0.05, 0.1) is 13.0 Å². The van der Waals surface area contributed by atoms with Crippen molar-refractivity contribution in [3.8, 4) is 0 Å². The van der Waals surface area contributed by atoms with E-state index in [9.17, 15) is 4.79 Å². The number of hydrogen-bond donors (Lipinski definition) is 2. The minimum Gasteiger partial charge on any atom is -0.481 e. The van der Waals surface area contributed by atoms with Gasteiger partial charge in [0, 0.05) is 19.6 Å². The van der Waals surface area contributed by atoms with Gasteiger partial charge in [-0.1, -0.05) is 30.3 Å². The summed E-state index contributed by atoms with van der Waals surface area (Å²) in [7, 11) is 0. The molecular weight excluding hydrogens is 242 g/mol. The second-order valence-electron chi connectivity index (χ2n) is 5.49. The van der Waals surface area contributed by atoms with Crippen molar-refractivity contribution in [2.45, 2.75) is 25.8 Å². The van der Waals surface area contributed by atoms with Crippen LogP contribution in [0.1, 0.15) is 24.8 Å². The maximum atomic E-state index is 10.9. The molecule has 1 saturated carbocycles. The van der Waals surface area contributed by atoms with Gasteiger partial charge in [-0.15, -0.1) is 0 Å². The molecule has 0 bridgehead atoms. The van der Waals surface area contributed by atoms with Gasteiger partial charge in [0.25, 0.3) is 0 Å². The number of nitrogens with zero attached hydrogens (tertiary/aromatic N) is 1. The average molecular weight is 263 g/mol. The van der Waals surface area contributed by atoms with Gasteiger partial charge in [-0.25, -0.2) is 0 Å². The zero-order valence-electron chi connectivity index (χ0n) is 11.1. The van der Waals surface area contributed by atoms with E-state index in [1.165, 1.54) is 5.56 Å². The smallest absolute Gasteiger partial charge is 0.303 e. The molecule has 0 aliphatic heterocycles. The molecule has 1 fully saturated rings. The van der Waals surface area contributed by atoms with Crippen molar-refractivity contribution in [3.63, 3.8) is 0 Å². The molecule has 0 aromatic heterocycles. The number of aliphatic hydroxyl groups is 1. The largest absolute Gasteiger partial charge is 0.481 e. The van der Waals surface area contributed by atoms with Crippen LogP contribution in [0, 0.1) is 5.41 Å². The summed E-state index contributed by atoms with van der Waals surface area (Å²) >= 11 is 0. The fourth-order valence-corrected chi connectivity index (χ4v) is 2.56. The molecule has 0 atom stereocenters. The first-order chi connectivity index (χ1) is 9.13. The highest BCUT2D eigenvalue weighted by atomic mass is 16.4. The maximum absolute atomic E-state index is 10.9. The van der Waals surface area contributed by atoms with Crippen molar-refractivity contribution >= 4 is 5.97 Å². The summed E-state index contributed by atoms with van der Waals surface area (Å²) in [6.07, 6.45) is 2.20. The van der Waals surface area contributed by atoms with E-state index >= 15 is 0 Å². The molecule has 2 rings (SSSR count). The molecule has 0 heterocycles. The molecular formula is C15H21NO3. The lowest BCUT2D eigenvalue weighted by atomic mass is 10.0. The van der Waals surface area contributed by atoms with E-state index < -0.39 is 5.97 Å². The predicted octanol–water partition coefficient (Wildman–Crippen LogP) is 1.74. The van der Waals surface area contributed by atoms with Crippen LogP contribution in [-0.4, -0.2) is 40.8 Å². The zero-order chi connectivity index (χ0) is 13.7. The number of carboxylic acid groups (broad SMARTS) is 1. The molecule has 1 aliphatic carbocycles. The Balaban J connectivity index is 1.95. The Morgan fingerprint density at radius 1 is 1.26 bits per heavy atom. The number of rotatable bonds is 8. The van der Waals surface area contributed by atoms with Crippen LogP contribution in [0.5, 0.6) is 0 Å². The number of benzene rings is 1. The van der Waals surface area contributed by atoms with E-state index in [1.807, 2.05) is 18.2 Å². The molecule has 1 aromatic carbocycles. The summed E-state index contributed by atoms with van der Waals surface area (Å²) < 4.78 is 0. The third kappa shape index (κ3) is 4.33. The topological polar surface area (TPSA) is 60.8 Å². The number of aliphatic carboxylic acids is 1. The summed E-state index contributed by atoms with van der Waals surface area (Å²) in [6, 6.07) is 10.1. The number of hydrogen-bond acceptors (Lipinski definition) is 3. The maximum Gasteiger partial charge on any atom is 0.303 e.